The van der Waals surface area contributed by atoms with Gasteiger partial charge in [0.2, 0.25) is 0 Å². The van der Waals surface area contributed by atoms with Crippen LogP contribution in [0, 0.1) is 0 Å². The fourth-order valence-electron chi connectivity index (χ4n) is 1.03. The Balaban J connectivity index is 2.22. The Labute approximate surface area is 105 Å². The molecule has 0 saturated carbocycles. The third kappa shape index (κ3) is 3.19. The molecule has 0 spiro atoms. The maximum absolute atomic E-state index is 5.75. The molecule has 0 bridgehead atoms. The Morgan fingerprint density at radius 3 is 2.87 bits per heavy atom. The monoisotopic (exact) mass is 300 g/mol. The van der Waals surface area contributed by atoms with Gasteiger partial charge in [-0.05, 0) is 18.2 Å². The van der Waals surface area contributed by atoms with Crippen molar-refractivity contribution in [3.05, 3.63) is 46.3 Å². The van der Waals surface area contributed by atoms with Gasteiger partial charge in [0.1, 0.15) is 10.2 Å². The number of aromatic nitrogens is 2. The lowest BCUT2D eigenvalue weighted by molar-refractivity contribution is 1.06. The van der Waals surface area contributed by atoms with Crippen LogP contribution in [0.4, 0.5) is 0 Å². The minimum absolute atomic E-state index is 0.412. The second-order valence-corrected chi connectivity index (χ2v) is 5.14. The summed E-state index contributed by atoms with van der Waals surface area (Å²) in [6.45, 7) is 0. The highest BCUT2D eigenvalue weighted by Gasteiger charge is 2.00. The summed E-state index contributed by atoms with van der Waals surface area (Å²) < 4.78 is 1.04. The predicted octanol–water partition coefficient (Wildman–Crippen LogP) is 4.04. The Hall–Kier alpha value is -0.580. The van der Waals surface area contributed by atoms with Crippen LogP contribution in [0.5, 0.6) is 0 Å². The molecule has 0 unspecified atom stereocenters. The van der Waals surface area contributed by atoms with Gasteiger partial charge in [-0.1, -0.05) is 45.4 Å². The quantitative estimate of drug-likeness (QED) is 0.837. The number of hydrogen-bond acceptors (Lipinski definition) is 3. The van der Waals surface area contributed by atoms with E-state index in [2.05, 4.69) is 25.9 Å². The normalized spacial score (nSPS) is 10.3. The van der Waals surface area contributed by atoms with E-state index >= 15 is 0 Å². The first-order valence-electron chi connectivity index (χ1n) is 4.15. The van der Waals surface area contributed by atoms with Crippen LogP contribution < -0.4 is 0 Å². The molecule has 0 aliphatic rings. The first-order chi connectivity index (χ1) is 7.24. The van der Waals surface area contributed by atoms with Crippen LogP contribution in [0.1, 0.15) is 0 Å². The largest absolute Gasteiger partial charge is 0.259 e. The number of rotatable bonds is 2. The van der Waals surface area contributed by atoms with Crippen molar-refractivity contribution in [2.45, 2.75) is 9.92 Å². The molecular weight excluding hydrogens is 296 g/mol. The molecular formula is C10H6BrClN2S. The van der Waals surface area contributed by atoms with E-state index in [0.717, 1.165) is 14.4 Å². The van der Waals surface area contributed by atoms with Gasteiger partial charge in [-0.15, -0.1) is 0 Å². The maximum atomic E-state index is 5.75. The van der Waals surface area contributed by atoms with Crippen LogP contribution in [0.2, 0.25) is 5.15 Å². The minimum Gasteiger partial charge on any atom is -0.259 e. The molecule has 0 amide bonds. The fourth-order valence-corrected chi connectivity index (χ4v) is 2.61. The van der Waals surface area contributed by atoms with Gasteiger partial charge in [0, 0.05) is 9.37 Å². The molecule has 0 saturated heterocycles. The first kappa shape index (κ1) is 10.9. The molecule has 1 heterocycles. The van der Waals surface area contributed by atoms with Gasteiger partial charge in [0.05, 0.1) is 12.4 Å². The van der Waals surface area contributed by atoms with E-state index in [1.807, 2.05) is 24.3 Å². The lowest BCUT2D eigenvalue weighted by Gasteiger charge is -2.00. The van der Waals surface area contributed by atoms with E-state index in [-0.39, 0.29) is 0 Å². The summed E-state index contributed by atoms with van der Waals surface area (Å²) in [7, 11) is 0. The average Bonchev–Trinajstić information content (AvgIpc) is 2.17. The van der Waals surface area contributed by atoms with Gasteiger partial charge in [0.15, 0.2) is 0 Å². The summed E-state index contributed by atoms with van der Waals surface area (Å²) in [6, 6.07) is 7.99. The molecule has 1 aromatic carbocycles. The molecule has 0 aliphatic carbocycles. The van der Waals surface area contributed by atoms with E-state index in [1.54, 1.807) is 6.20 Å². The molecule has 0 N–H and O–H groups in total. The summed E-state index contributed by atoms with van der Waals surface area (Å²) in [5, 5.41) is 1.20. The summed E-state index contributed by atoms with van der Waals surface area (Å²) in [6.07, 6.45) is 3.21. The fraction of sp³-hybridized carbons (Fsp3) is 0. The van der Waals surface area contributed by atoms with Gasteiger partial charge in [-0.2, -0.15) is 0 Å². The predicted molar refractivity (Wildman–Crippen MR) is 65.3 cm³/mol. The molecule has 0 atom stereocenters. The number of halogens is 2. The van der Waals surface area contributed by atoms with E-state index in [1.165, 1.54) is 18.0 Å². The second kappa shape index (κ2) is 4.96. The highest BCUT2D eigenvalue weighted by atomic mass is 79.9. The number of benzene rings is 1. The molecule has 2 rings (SSSR count). The van der Waals surface area contributed by atoms with Crippen LogP contribution in [0.15, 0.2) is 51.1 Å². The van der Waals surface area contributed by atoms with Gasteiger partial charge in [-0.3, -0.25) is 4.98 Å². The summed E-state index contributed by atoms with van der Waals surface area (Å²) in [5.41, 5.74) is 0. The minimum atomic E-state index is 0.412. The topological polar surface area (TPSA) is 25.8 Å². The van der Waals surface area contributed by atoms with Gasteiger partial charge in [0.25, 0.3) is 0 Å². The Kier molecular flexibility index (Phi) is 3.61. The third-order valence-corrected chi connectivity index (χ3v) is 3.17. The molecule has 0 radical (unpaired) electrons. The van der Waals surface area contributed by atoms with Crippen molar-refractivity contribution in [3.8, 4) is 0 Å². The van der Waals surface area contributed by atoms with Crippen molar-refractivity contribution in [1.29, 1.82) is 0 Å². The lowest BCUT2D eigenvalue weighted by atomic mass is 10.4. The van der Waals surface area contributed by atoms with E-state index in [9.17, 15) is 0 Å². The lowest BCUT2D eigenvalue weighted by Crippen LogP contribution is -1.82. The zero-order chi connectivity index (χ0) is 10.7. The molecule has 0 fully saturated rings. The number of hydrogen-bond donors (Lipinski definition) is 0. The van der Waals surface area contributed by atoms with E-state index in [0.29, 0.717) is 5.15 Å². The zero-order valence-corrected chi connectivity index (χ0v) is 10.7. The molecule has 76 valence electrons. The van der Waals surface area contributed by atoms with Crippen molar-refractivity contribution in [3.63, 3.8) is 0 Å². The summed E-state index contributed by atoms with van der Waals surface area (Å²) in [5.74, 6) is 0. The molecule has 5 heteroatoms. The highest BCUT2D eigenvalue weighted by molar-refractivity contribution is 9.10. The van der Waals surface area contributed by atoms with Crippen molar-refractivity contribution in [1.82, 2.24) is 9.97 Å². The summed E-state index contributed by atoms with van der Waals surface area (Å²) in [4.78, 5) is 9.22. The SMILES string of the molecule is Clc1cncc(Sc2cccc(Br)c2)n1. The smallest absolute Gasteiger partial charge is 0.148 e. The van der Waals surface area contributed by atoms with Crippen LogP contribution in [0.3, 0.4) is 0 Å². The standard InChI is InChI=1S/C10H6BrClN2S/c11-7-2-1-3-8(4-7)15-10-6-13-5-9(12)14-10/h1-6H. The Morgan fingerprint density at radius 2 is 2.13 bits per heavy atom. The molecule has 1 aromatic heterocycles. The zero-order valence-electron chi connectivity index (χ0n) is 7.52. The van der Waals surface area contributed by atoms with E-state index < -0.39 is 0 Å². The van der Waals surface area contributed by atoms with Crippen molar-refractivity contribution < 1.29 is 0 Å². The molecule has 2 aromatic rings. The first-order valence-corrected chi connectivity index (χ1v) is 6.14. The van der Waals surface area contributed by atoms with Gasteiger partial charge < -0.3 is 0 Å². The van der Waals surface area contributed by atoms with Gasteiger partial charge in [-0.25, -0.2) is 4.98 Å². The van der Waals surface area contributed by atoms with Crippen LogP contribution in [-0.2, 0) is 0 Å². The second-order valence-electron chi connectivity index (χ2n) is 2.74. The van der Waals surface area contributed by atoms with Crippen molar-refractivity contribution in [2.24, 2.45) is 0 Å². The van der Waals surface area contributed by atoms with Gasteiger partial charge >= 0.3 is 0 Å². The Bertz CT molecular complexity index is 435. The van der Waals surface area contributed by atoms with Crippen LogP contribution in [0.25, 0.3) is 0 Å². The highest BCUT2D eigenvalue weighted by Crippen LogP contribution is 2.27. The van der Waals surface area contributed by atoms with Crippen LogP contribution in [-0.4, -0.2) is 9.97 Å². The third-order valence-electron chi connectivity index (χ3n) is 1.60. The molecule has 15 heavy (non-hydrogen) atoms. The summed E-state index contributed by atoms with van der Waals surface area (Å²) >= 11 is 10.7. The maximum Gasteiger partial charge on any atom is 0.148 e. The molecule has 2 nitrogen and oxygen atoms in total. The van der Waals surface area contributed by atoms with Crippen molar-refractivity contribution >= 4 is 39.3 Å². The average molecular weight is 302 g/mol. The number of nitrogens with zero attached hydrogens (tertiary/aromatic N) is 2. The Morgan fingerprint density at radius 1 is 1.27 bits per heavy atom. The van der Waals surface area contributed by atoms with Crippen molar-refractivity contribution in [2.75, 3.05) is 0 Å². The molecule has 0 aliphatic heterocycles. The van der Waals surface area contributed by atoms with Crippen LogP contribution >= 0.6 is 39.3 Å². The van der Waals surface area contributed by atoms with E-state index in [4.69, 9.17) is 11.6 Å².